The van der Waals surface area contributed by atoms with Crippen molar-refractivity contribution >= 4 is 17.3 Å². The Morgan fingerprint density at radius 1 is 1.35 bits per heavy atom. The molecule has 90 valence electrons. The molecule has 0 bridgehead atoms. The standard InChI is InChI=1S/C11H11F2N3O/c12-6-3-7(13)10-8(4-6)15-11(17)9-5-14-1-2-16(9)10/h3-4,9,14H,1-2,5H2,(H,15,17). The third-order valence-electron chi connectivity index (χ3n) is 3.12. The highest BCUT2D eigenvalue weighted by Gasteiger charge is 2.36. The molecule has 0 aromatic heterocycles. The average Bonchev–Trinajstić information content (AvgIpc) is 2.28. The van der Waals surface area contributed by atoms with Crippen molar-refractivity contribution in [3.8, 4) is 0 Å². The molecule has 1 atom stereocenters. The maximum atomic E-state index is 13.8. The number of piperazine rings is 1. The van der Waals surface area contributed by atoms with E-state index in [1.165, 1.54) is 0 Å². The normalized spacial score (nSPS) is 22.8. The lowest BCUT2D eigenvalue weighted by Crippen LogP contribution is -2.59. The molecule has 6 heteroatoms. The van der Waals surface area contributed by atoms with E-state index in [9.17, 15) is 13.6 Å². The molecular weight excluding hydrogens is 228 g/mol. The van der Waals surface area contributed by atoms with Gasteiger partial charge in [0.2, 0.25) is 5.91 Å². The summed E-state index contributed by atoms with van der Waals surface area (Å²) in [4.78, 5) is 13.5. The van der Waals surface area contributed by atoms with E-state index in [1.54, 1.807) is 4.90 Å². The highest BCUT2D eigenvalue weighted by atomic mass is 19.1. The quantitative estimate of drug-likeness (QED) is 0.700. The fourth-order valence-corrected chi connectivity index (χ4v) is 2.38. The van der Waals surface area contributed by atoms with Crippen LogP contribution in [0.4, 0.5) is 20.2 Å². The molecule has 1 aromatic rings. The first-order valence-electron chi connectivity index (χ1n) is 5.44. The summed E-state index contributed by atoms with van der Waals surface area (Å²) in [5, 5.41) is 5.62. The summed E-state index contributed by atoms with van der Waals surface area (Å²) in [5.41, 5.74) is 0.503. The van der Waals surface area contributed by atoms with Gasteiger partial charge in [-0.25, -0.2) is 8.78 Å². The lowest BCUT2D eigenvalue weighted by atomic mass is 10.1. The van der Waals surface area contributed by atoms with Gasteiger partial charge in [-0.1, -0.05) is 0 Å². The Morgan fingerprint density at radius 2 is 2.18 bits per heavy atom. The molecular formula is C11H11F2N3O. The molecule has 3 rings (SSSR count). The number of fused-ring (bicyclic) bond motifs is 3. The highest BCUT2D eigenvalue weighted by molar-refractivity contribution is 6.04. The van der Waals surface area contributed by atoms with Gasteiger partial charge in [0.05, 0.1) is 11.4 Å². The van der Waals surface area contributed by atoms with Crippen LogP contribution in [0.5, 0.6) is 0 Å². The summed E-state index contributed by atoms with van der Waals surface area (Å²) in [5.74, 6) is -1.54. The topological polar surface area (TPSA) is 44.4 Å². The van der Waals surface area contributed by atoms with Crippen LogP contribution in [0.2, 0.25) is 0 Å². The van der Waals surface area contributed by atoms with Crippen molar-refractivity contribution in [3.05, 3.63) is 23.8 Å². The van der Waals surface area contributed by atoms with Crippen molar-refractivity contribution in [1.29, 1.82) is 0 Å². The molecule has 4 nitrogen and oxygen atoms in total. The molecule has 1 saturated heterocycles. The van der Waals surface area contributed by atoms with Gasteiger partial charge in [0.25, 0.3) is 0 Å². The Kier molecular flexibility index (Phi) is 2.25. The molecule has 2 aliphatic heterocycles. The number of carbonyl (C=O) groups excluding carboxylic acids is 1. The Labute approximate surface area is 96.6 Å². The number of hydrogen-bond donors (Lipinski definition) is 2. The van der Waals surface area contributed by atoms with Crippen LogP contribution < -0.4 is 15.5 Å². The average molecular weight is 239 g/mol. The molecule has 1 unspecified atom stereocenters. The molecule has 0 radical (unpaired) electrons. The second-order valence-corrected chi connectivity index (χ2v) is 4.19. The Morgan fingerprint density at radius 3 is 3.00 bits per heavy atom. The smallest absolute Gasteiger partial charge is 0.248 e. The van der Waals surface area contributed by atoms with E-state index in [4.69, 9.17) is 0 Å². The fraction of sp³-hybridized carbons (Fsp3) is 0.364. The minimum atomic E-state index is -0.685. The van der Waals surface area contributed by atoms with E-state index in [2.05, 4.69) is 10.6 Å². The van der Waals surface area contributed by atoms with Crippen molar-refractivity contribution in [2.24, 2.45) is 0 Å². The van der Waals surface area contributed by atoms with Gasteiger partial charge in [0, 0.05) is 25.7 Å². The van der Waals surface area contributed by atoms with Crippen LogP contribution >= 0.6 is 0 Å². The van der Waals surface area contributed by atoms with Gasteiger partial charge in [-0.3, -0.25) is 4.79 Å². The van der Waals surface area contributed by atoms with Crippen molar-refractivity contribution in [3.63, 3.8) is 0 Å². The van der Waals surface area contributed by atoms with Crippen LogP contribution in [0.3, 0.4) is 0 Å². The van der Waals surface area contributed by atoms with Gasteiger partial charge in [-0.2, -0.15) is 0 Å². The maximum Gasteiger partial charge on any atom is 0.248 e. The summed E-state index contributed by atoms with van der Waals surface area (Å²) in [6, 6.07) is 1.57. The molecule has 1 aromatic carbocycles. The zero-order valence-electron chi connectivity index (χ0n) is 8.96. The number of carbonyl (C=O) groups is 1. The first kappa shape index (κ1) is 10.5. The number of nitrogens with zero attached hydrogens (tertiary/aromatic N) is 1. The van der Waals surface area contributed by atoms with E-state index in [0.717, 1.165) is 12.1 Å². The number of hydrogen-bond acceptors (Lipinski definition) is 3. The first-order chi connectivity index (χ1) is 8.16. The van der Waals surface area contributed by atoms with Crippen LogP contribution in [0.25, 0.3) is 0 Å². The maximum absolute atomic E-state index is 13.8. The van der Waals surface area contributed by atoms with Crippen molar-refractivity contribution < 1.29 is 13.6 Å². The zero-order chi connectivity index (χ0) is 12.0. The van der Waals surface area contributed by atoms with Crippen molar-refractivity contribution in [2.75, 3.05) is 29.9 Å². The van der Waals surface area contributed by atoms with Gasteiger partial charge >= 0.3 is 0 Å². The van der Waals surface area contributed by atoms with E-state index >= 15 is 0 Å². The lowest BCUT2D eigenvalue weighted by Gasteiger charge is -2.41. The number of amides is 1. The van der Waals surface area contributed by atoms with Crippen LogP contribution in [0.1, 0.15) is 0 Å². The van der Waals surface area contributed by atoms with E-state index in [1.807, 2.05) is 0 Å². The predicted molar refractivity (Wildman–Crippen MR) is 59.0 cm³/mol. The van der Waals surface area contributed by atoms with Crippen molar-refractivity contribution in [1.82, 2.24) is 5.32 Å². The number of nitrogens with one attached hydrogen (secondary N) is 2. The summed E-state index contributed by atoms with van der Waals surface area (Å²) < 4.78 is 26.9. The minimum absolute atomic E-state index is 0.214. The first-order valence-corrected chi connectivity index (χ1v) is 5.44. The van der Waals surface area contributed by atoms with Crippen molar-refractivity contribution in [2.45, 2.75) is 6.04 Å². The second kappa shape index (κ2) is 3.66. The number of halogens is 2. The Hall–Kier alpha value is -1.69. The lowest BCUT2D eigenvalue weighted by molar-refractivity contribution is -0.117. The van der Waals surface area contributed by atoms with Gasteiger partial charge in [-0.15, -0.1) is 0 Å². The summed E-state index contributed by atoms with van der Waals surface area (Å²) in [7, 11) is 0. The monoisotopic (exact) mass is 239 g/mol. The molecule has 0 aliphatic carbocycles. The van der Waals surface area contributed by atoms with E-state index in [0.29, 0.717) is 19.6 Å². The molecule has 2 N–H and O–H groups in total. The Bertz CT molecular complexity index is 492. The fourth-order valence-electron chi connectivity index (χ4n) is 2.38. The van der Waals surface area contributed by atoms with E-state index < -0.39 is 17.7 Å². The molecule has 0 saturated carbocycles. The summed E-state index contributed by atoms with van der Waals surface area (Å²) in [6.45, 7) is 1.69. The van der Waals surface area contributed by atoms with Gasteiger partial charge < -0.3 is 15.5 Å². The summed E-state index contributed by atoms with van der Waals surface area (Å²) >= 11 is 0. The summed E-state index contributed by atoms with van der Waals surface area (Å²) in [6.07, 6.45) is 0. The number of benzene rings is 1. The van der Waals surface area contributed by atoms with Gasteiger partial charge in [-0.05, 0) is 6.07 Å². The van der Waals surface area contributed by atoms with Crippen LogP contribution in [-0.4, -0.2) is 31.6 Å². The van der Waals surface area contributed by atoms with Crippen LogP contribution in [-0.2, 0) is 4.79 Å². The number of rotatable bonds is 0. The highest BCUT2D eigenvalue weighted by Crippen LogP contribution is 2.35. The van der Waals surface area contributed by atoms with Crippen LogP contribution in [0, 0.1) is 11.6 Å². The van der Waals surface area contributed by atoms with Gasteiger partial charge in [0.1, 0.15) is 11.9 Å². The van der Waals surface area contributed by atoms with Gasteiger partial charge in [0.15, 0.2) is 5.82 Å². The molecule has 1 fully saturated rings. The zero-order valence-corrected chi connectivity index (χ0v) is 8.96. The molecule has 0 spiro atoms. The number of anilines is 2. The van der Waals surface area contributed by atoms with Crippen LogP contribution in [0.15, 0.2) is 12.1 Å². The third kappa shape index (κ3) is 1.56. The minimum Gasteiger partial charge on any atom is -0.353 e. The molecule has 2 heterocycles. The third-order valence-corrected chi connectivity index (χ3v) is 3.12. The largest absolute Gasteiger partial charge is 0.353 e. The predicted octanol–water partition coefficient (Wildman–Crippen LogP) is 0.695. The molecule has 17 heavy (non-hydrogen) atoms. The molecule has 2 aliphatic rings. The van der Waals surface area contributed by atoms with E-state index in [-0.39, 0.29) is 17.3 Å². The second-order valence-electron chi connectivity index (χ2n) is 4.19. The Balaban J connectivity index is 2.13. The molecule has 1 amide bonds. The SMILES string of the molecule is O=C1Nc2cc(F)cc(F)c2N2CCNCC12.